The van der Waals surface area contributed by atoms with Crippen molar-refractivity contribution in [1.82, 2.24) is 10.3 Å². The van der Waals surface area contributed by atoms with Crippen molar-refractivity contribution in [3.05, 3.63) is 4.91 Å². The summed E-state index contributed by atoms with van der Waals surface area (Å²) in [5, 5.41) is 33.5. The second kappa shape index (κ2) is 10.2. The zero-order valence-corrected chi connectivity index (χ0v) is 11.1. The van der Waals surface area contributed by atoms with Gasteiger partial charge < -0.3 is 15.5 Å². The van der Waals surface area contributed by atoms with Crippen LogP contribution >= 0.6 is 0 Å². The lowest BCUT2D eigenvalue weighted by Gasteiger charge is -2.30. The van der Waals surface area contributed by atoms with E-state index >= 15 is 0 Å². The number of hydrazine groups is 1. The average Bonchev–Trinajstić information content (AvgIpc) is 2.41. The van der Waals surface area contributed by atoms with E-state index in [2.05, 4.69) is 5.29 Å². The minimum Gasteiger partial charge on any atom is -0.395 e. The van der Waals surface area contributed by atoms with Crippen LogP contribution < -0.4 is 5.32 Å². The summed E-state index contributed by atoms with van der Waals surface area (Å²) >= 11 is 0. The molecule has 0 aliphatic carbocycles. The molecule has 0 aromatic heterocycles. The predicted octanol–water partition coefficient (Wildman–Crippen LogP) is -1.32. The van der Waals surface area contributed by atoms with Gasteiger partial charge in [0.15, 0.2) is 0 Å². The first kappa shape index (κ1) is 17.2. The standard InChI is InChI=1S/C10H24N4O4/c1-3-9(7-15)11-5-6-13(14(18)12-17)10(4-2)8-16/h9-11,15-16,18H,3-8H2,1-2H3/p+1. The quantitative estimate of drug-likeness (QED) is 0.272. The van der Waals surface area contributed by atoms with Gasteiger partial charge in [-0.3, -0.25) is 5.21 Å². The Balaban J connectivity index is 4.28. The van der Waals surface area contributed by atoms with Crippen molar-refractivity contribution in [3.8, 4) is 0 Å². The number of quaternary nitrogens is 1. The Bertz CT molecular complexity index is 212. The van der Waals surface area contributed by atoms with E-state index in [1.165, 1.54) is 5.01 Å². The molecule has 8 heteroatoms. The predicted molar refractivity (Wildman–Crippen MR) is 65.2 cm³/mol. The van der Waals surface area contributed by atoms with E-state index in [1.54, 1.807) is 0 Å². The lowest BCUT2D eigenvalue weighted by atomic mass is 10.2. The van der Waals surface area contributed by atoms with E-state index in [-0.39, 0.29) is 30.6 Å². The average molecular weight is 265 g/mol. The second-order valence-corrected chi connectivity index (χ2v) is 4.13. The lowest BCUT2D eigenvalue weighted by Crippen LogP contribution is -2.92. The van der Waals surface area contributed by atoms with Crippen LogP contribution in [-0.2, 0) is 0 Å². The van der Waals surface area contributed by atoms with E-state index in [0.29, 0.717) is 19.5 Å². The molecule has 0 bridgehead atoms. The lowest BCUT2D eigenvalue weighted by molar-refractivity contribution is -0.692. The number of aliphatic hydroxyl groups is 2. The van der Waals surface area contributed by atoms with Crippen LogP contribution in [0.3, 0.4) is 0 Å². The van der Waals surface area contributed by atoms with Crippen molar-refractivity contribution in [1.29, 1.82) is 0 Å². The number of nitrogens with two attached hydrogens (primary N) is 1. The maximum atomic E-state index is 10.3. The summed E-state index contributed by atoms with van der Waals surface area (Å²) in [4.78, 5) is 10.3. The molecule has 8 nitrogen and oxygen atoms in total. The Hall–Kier alpha value is -0.800. The highest BCUT2D eigenvalue weighted by molar-refractivity contribution is 4.64. The third-order valence-corrected chi connectivity index (χ3v) is 3.02. The molecule has 0 aliphatic heterocycles. The Kier molecular flexibility index (Phi) is 9.70. The number of aliphatic hydroxyl groups excluding tert-OH is 2. The van der Waals surface area contributed by atoms with Gasteiger partial charge in [0.05, 0.1) is 37.6 Å². The molecular formula is C10H25N4O4+. The minimum absolute atomic E-state index is 0.0858. The molecule has 0 aromatic carbocycles. The van der Waals surface area contributed by atoms with Crippen molar-refractivity contribution >= 4 is 0 Å². The zero-order chi connectivity index (χ0) is 14.0. The molecule has 0 spiro atoms. The van der Waals surface area contributed by atoms with Gasteiger partial charge >= 0.3 is 0 Å². The van der Waals surface area contributed by atoms with Crippen molar-refractivity contribution < 1.29 is 20.7 Å². The molecule has 0 aromatic rings. The monoisotopic (exact) mass is 265 g/mol. The molecule has 0 saturated carbocycles. The highest BCUT2D eigenvalue weighted by Gasteiger charge is 2.23. The van der Waals surface area contributed by atoms with E-state index in [9.17, 15) is 10.1 Å². The molecule has 108 valence electrons. The second-order valence-electron chi connectivity index (χ2n) is 4.13. The fourth-order valence-corrected chi connectivity index (χ4v) is 1.71. The molecule has 0 radical (unpaired) electrons. The highest BCUT2D eigenvalue weighted by Crippen LogP contribution is 2.05. The number of nitrogens with zero attached hydrogens (tertiary/aromatic N) is 3. The Morgan fingerprint density at radius 3 is 2.28 bits per heavy atom. The fraction of sp³-hybridized carbons (Fsp3) is 1.00. The van der Waals surface area contributed by atoms with Gasteiger partial charge in [-0.2, -0.15) is 5.01 Å². The van der Waals surface area contributed by atoms with Gasteiger partial charge in [0.2, 0.25) is 0 Å². The number of nitroso groups, excluding NO2 is 1. The molecule has 5 N–H and O–H groups in total. The Morgan fingerprint density at radius 1 is 1.22 bits per heavy atom. The van der Waals surface area contributed by atoms with Gasteiger partial charge in [-0.15, -0.1) is 4.91 Å². The van der Waals surface area contributed by atoms with Crippen molar-refractivity contribution in [2.24, 2.45) is 5.29 Å². The number of hydrogen-bond acceptors (Lipinski definition) is 6. The molecular weight excluding hydrogens is 240 g/mol. The van der Waals surface area contributed by atoms with E-state index in [0.717, 1.165) is 6.42 Å². The van der Waals surface area contributed by atoms with Gasteiger partial charge in [0.1, 0.15) is 6.04 Å². The molecule has 0 rings (SSSR count). The van der Waals surface area contributed by atoms with Crippen LogP contribution in [0.5, 0.6) is 0 Å². The van der Waals surface area contributed by atoms with Crippen molar-refractivity contribution in [3.63, 3.8) is 0 Å². The SMILES string of the molecule is CCC(CO)[NH2+]CCN(C(CC)CO)N(O)N=O. The summed E-state index contributed by atoms with van der Waals surface area (Å²) in [7, 11) is 0. The minimum atomic E-state index is -0.352. The summed E-state index contributed by atoms with van der Waals surface area (Å²) < 4.78 is 0. The number of hydrogen-bond donors (Lipinski definition) is 4. The maximum absolute atomic E-state index is 10.3. The fourth-order valence-electron chi connectivity index (χ4n) is 1.71. The molecule has 0 heterocycles. The summed E-state index contributed by atoms with van der Waals surface area (Å²) in [6, 6.07) is -0.243. The molecule has 18 heavy (non-hydrogen) atoms. The van der Waals surface area contributed by atoms with E-state index in [4.69, 9.17) is 10.2 Å². The van der Waals surface area contributed by atoms with Crippen LogP contribution in [0.25, 0.3) is 0 Å². The van der Waals surface area contributed by atoms with Crippen molar-refractivity contribution in [2.75, 3.05) is 26.3 Å². The molecule has 0 aliphatic rings. The van der Waals surface area contributed by atoms with E-state index in [1.807, 2.05) is 19.2 Å². The smallest absolute Gasteiger partial charge is 0.109 e. The first-order valence-corrected chi connectivity index (χ1v) is 6.28. The Morgan fingerprint density at radius 2 is 1.89 bits per heavy atom. The first-order chi connectivity index (χ1) is 8.64. The van der Waals surface area contributed by atoms with Crippen LogP contribution in [-0.4, -0.2) is 64.1 Å². The Labute approximate surface area is 107 Å². The van der Waals surface area contributed by atoms with Crippen LogP contribution in [0.4, 0.5) is 0 Å². The normalized spacial score (nSPS) is 14.6. The van der Waals surface area contributed by atoms with Gasteiger partial charge in [0.25, 0.3) is 0 Å². The molecule has 2 atom stereocenters. The zero-order valence-electron chi connectivity index (χ0n) is 11.1. The summed E-state index contributed by atoms with van der Waals surface area (Å²) in [5.74, 6) is 0. The summed E-state index contributed by atoms with van der Waals surface area (Å²) in [6.45, 7) is 4.69. The maximum Gasteiger partial charge on any atom is 0.109 e. The van der Waals surface area contributed by atoms with Gasteiger partial charge in [0, 0.05) is 0 Å². The van der Waals surface area contributed by atoms with Crippen LogP contribution in [0.2, 0.25) is 0 Å². The largest absolute Gasteiger partial charge is 0.395 e. The van der Waals surface area contributed by atoms with Gasteiger partial charge in [-0.25, -0.2) is 0 Å². The van der Waals surface area contributed by atoms with Crippen LogP contribution in [0.15, 0.2) is 5.29 Å². The van der Waals surface area contributed by atoms with Gasteiger partial charge in [-0.05, 0) is 12.8 Å². The summed E-state index contributed by atoms with van der Waals surface area (Å²) in [5.41, 5.74) is 0. The van der Waals surface area contributed by atoms with Gasteiger partial charge in [-0.1, -0.05) is 19.1 Å². The number of rotatable bonds is 11. The van der Waals surface area contributed by atoms with Crippen LogP contribution in [0.1, 0.15) is 26.7 Å². The molecule has 0 fully saturated rings. The highest BCUT2D eigenvalue weighted by atomic mass is 16.6. The first-order valence-electron chi connectivity index (χ1n) is 6.28. The van der Waals surface area contributed by atoms with Crippen LogP contribution in [0, 0.1) is 4.91 Å². The molecule has 0 saturated heterocycles. The third-order valence-electron chi connectivity index (χ3n) is 3.02. The van der Waals surface area contributed by atoms with E-state index < -0.39 is 0 Å². The molecule has 2 unspecified atom stereocenters. The van der Waals surface area contributed by atoms with Crippen molar-refractivity contribution in [2.45, 2.75) is 38.8 Å². The summed E-state index contributed by atoms with van der Waals surface area (Å²) in [6.07, 6.45) is 1.42. The molecule has 0 amide bonds. The topological polar surface area (TPSA) is 113 Å². The third kappa shape index (κ3) is 5.69.